The summed E-state index contributed by atoms with van der Waals surface area (Å²) in [6.07, 6.45) is 8.93. The number of para-hydroxylation sites is 1. The highest BCUT2D eigenvalue weighted by Crippen LogP contribution is 2.26. The second kappa shape index (κ2) is 10.2. The molecule has 3 aromatic rings. The van der Waals surface area contributed by atoms with Crippen molar-refractivity contribution < 1.29 is 9.59 Å². The Morgan fingerprint density at radius 2 is 2.09 bits per heavy atom. The van der Waals surface area contributed by atoms with Crippen molar-refractivity contribution >= 4 is 35.0 Å². The number of likely N-dealkylation sites (tertiary alicyclic amines) is 1. The number of hydrogen-bond acceptors (Lipinski definition) is 7. The highest BCUT2D eigenvalue weighted by atomic mass is 16.2. The Morgan fingerprint density at radius 1 is 1.26 bits per heavy atom. The molecule has 1 atom stereocenters. The summed E-state index contributed by atoms with van der Waals surface area (Å²) >= 11 is 0. The van der Waals surface area contributed by atoms with Gasteiger partial charge in [0.25, 0.3) is 5.91 Å². The van der Waals surface area contributed by atoms with Crippen molar-refractivity contribution in [3.05, 3.63) is 66.6 Å². The van der Waals surface area contributed by atoms with E-state index in [-0.39, 0.29) is 17.5 Å². The van der Waals surface area contributed by atoms with Gasteiger partial charge in [0.1, 0.15) is 11.4 Å². The fraction of sp³-hybridized carbons (Fsp3) is 0.292. The Kier molecular flexibility index (Phi) is 6.86. The summed E-state index contributed by atoms with van der Waals surface area (Å²) in [4.78, 5) is 34.4. The molecule has 4 rings (SSSR count). The first-order valence-corrected chi connectivity index (χ1v) is 11.2. The summed E-state index contributed by atoms with van der Waals surface area (Å²) < 4.78 is 1.85. The smallest absolute Gasteiger partial charge is 0.254 e. The van der Waals surface area contributed by atoms with Gasteiger partial charge in [-0.3, -0.25) is 14.3 Å². The lowest BCUT2D eigenvalue weighted by Crippen LogP contribution is -2.39. The molecular formula is C24H28N8O2. The van der Waals surface area contributed by atoms with Crippen LogP contribution in [-0.2, 0) is 11.2 Å². The molecule has 1 aromatic carbocycles. The van der Waals surface area contributed by atoms with Crippen LogP contribution in [-0.4, -0.2) is 49.6 Å². The maximum Gasteiger partial charge on any atom is 0.254 e. The number of nitrogens with zero attached hydrogens (tertiary/aromatic N) is 5. The average Bonchev–Trinajstić information content (AvgIpc) is 3.32. The summed E-state index contributed by atoms with van der Waals surface area (Å²) in [6.45, 7) is 6.94. The van der Waals surface area contributed by atoms with E-state index in [1.54, 1.807) is 11.1 Å². The Hall–Kier alpha value is -4.21. The number of aromatic nitrogens is 4. The van der Waals surface area contributed by atoms with Crippen molar-refractivity contribution in [3.63, 3.8) is 0 Å². The zero-order valence-electron chi connectivity index (χ0n) is 19.1. The number of nitrogens with two attached hydrogens (primary N) is 1. The second-order valence-corrected chi connectivity index (χ2v) is 8.07. The molecule has 10 heteroatoms. The van der Waals surface area contributed by atoms with Crippen LogP contribution in [0.4, 0.5) is 23.1 Å². The van der Waals surface area contributed by atoms with E-state index >= 15 is 0 Å². The fourth-order valence-electron chi connectivity index (χ4n) is 4.03. The maximum absolute atomic E-state index is 12.0. The van der Waals surface area contributed by atoms with Crippen LogP contribution in [0, 0.1) is 0 Å². The predicted octanol–water partition coefficient (Wildman–Crippen LogP) is 3.17. The van der Waals surface area contributed by atoms with Crippen LogP contribution in [0.1, 0.15) is 41.7 Å². The van der Waals surface area contributed by atoms with E-state index in [1.165, 1.54) is 12.3 Å². The van der Waals surface area contributed by atoms with Gasteiger partial charge in [-0.05, 0) is 37.0 Å². The molecule has 4 N–H and O–H groups in total. The van der Waals surface area contributed by atoms with Crippen LogP contribution in [0.25, 0.3) is 0 Å². The molecule has 0 saturated carbocycles. The predicted molar refractivity (Wildman–Crippen MR) is 130 cm³/mol. The molecule has 1 aliphatic heterocycles. The monoisotopic (exact) mass is 460 g/mol. The molecule has 1 fully saturated rings. The minimum atomic E-state index is -0.619. The number of anilines is 4. The van der Waals surface area contributed by atoms with Crippen LogP contribution < -0.4 is 16.4 Å². The minimum Gasteiger partial charge on any atom is -0.365 e. The van der Waals surface area contributed by atoms with Crippen molar-refractivity contribution in [1.29, 1.82) is 0 Å². The van der Waals surface area contributed by atoms with Crippen LogP contribution in [0.3, 0.4) is 0 Å². The molecule has 1 saturated heterocycles. The largest absolute Gasteiger partial charge is 0.365 e. The van der Waals surface area contributed by atoms with Gasteiger partial charge >= 0.3 is 0 Å². The van der Waals surface area contributed by atoms with Crippen LogP contribution >= 0.6 is 0 Å². The van der Waals surface area contributed by atoms with E-state index in [9.17, 15) is 9.59 Å². The summed E-state index contributed by atoms with van der Waals surface area (Å²) in [7, 11) is 0. The van der Waals surface area contributed by atoms with Crippen molar-refractivity contribution in [1.82, 2.24) is 24.6 Å². The third-order valence-electron chi connectivity index (χ3n) is 5.82. The quantitative estimate of drug-likeness (QED) is 0.440. The van der Waals surface area contributed by atoms with Gasteiger partial charge in [0.2, 0.25) is 11.9 Å². The van der Waals surface area contributed by atoms with Gasteiger partial charge in [0, 0.05) is 31.2 Å². The van der Waals surface area contributed by atoms with E-state index in [0.717, 1.165) is 37.1 Å². The lowest BCUT2D eigenvalue weighted by atomic mass is 10.1. The Labute approximate surface area is 197 Å². The zero-order valence-corrected chi connectivity index (χ0v) is 19.1. The molecule has 3 heterocycles. The molecule has 0 unspecified atom stereocenters. The third kappa shape index (κ3) is 5.06. The number of hydrogen-bond donors (Lipinski definition) is 3. The van der Waals surface area contributed by atoms with Gasteiger partial charge in [-0.2, -0.15) is 10.1 Å². The first-order chi connectivity index (χ1) is 16.5. The zero-order chi connectivity index (χ0) is 24.1. The van der Waals surface area contributed by atoms with Crippen molar-refractivity contribution in [2.45, 2.75) is 32.2 Å². The van der Waals surface area contributed by atoms with Crippen molar-refractivity contribution in [3.8, 4) is 0 Å². The number of nitrogens with one attached hydrogen (secondary N) is 2. The molecular weight excluding hydrogens is 432 g/mol. The number of primary amides is 1. The molecule has 0 aliphatic carbocycles. The summed E-state index contributed by atoms with van der Waals surface area (Å²) in [6, 6.07) is 7.88. The number of carbonyl (C=O) groups is 2. The molecule has 1 aliphatic rings. The van der Waals surface area contributed by atoms with Crippen molar-refractivity contribution in [2.24, 2.45) is 5.73 Å². The lowest BCUT2D eigenvalue weighted by Gasteiger charge is -2.32. The number of rotatable bonds is 8. The Morgan fingerprint density at radius 3 is 2.85 bits per heavy atom. The first kappa shape index (κ1) is 23.0. The summed E-state index contributed by atoms with van der Waals surface area (Å²) in [5.41, 5.74) is 8.37. The van der Waals surface area contributed by atoms with Crippen LogP contribution in [0.15, 0.2) is 55.5 Å². The molecule has 10 nitrogen and oxygen atoms in total. The molecule has 176 valence electrons. The second-order valence-electron chi connectivity index (χ2n) is 8.07. The van der Waals surface area contributed by atoms with E-state index in [1.807, 2.05) is 35.1 Å². The topological polar surface area (TPSA) is 131 Å². The van der Waals surface area contributed by atoms with Gasteiger partial charge in [0.05, 0.1) is 17.9 Å². The van der Waals surface area contributed by atoms with Gasteiger partial charge in [0.15, 0.2) is 0 Å². The van der Waals surface area contributed by atoms with E-state index < -0.39 is 5.91 Å². The molecule has 0 spiro atoms. The highest BCUT2D eigenvalue weighted by Gasteiger charge is 2.24. The average molecular weight is 461 g/mol. The Balaban J connectivity index is 1.53. The molecule has 0 radical (unpaired) electrons. The van der Waals surface area contributed by atoms with Gasteiger partial charge in [-0.15, -0.1) is 0 Å². The van der Waals surface area contributed by atoms with Gasteiger partial charge < -0.3 is 21.3 Å². The summed E-state index contributed by atoms with van der Waals surface area (Å²) in [5, 5.41) is 10.8. The first-order valence-electron chi connectivity index (χ1n) is 11.2. The van der Waals surface area contributed by atoms with Crippen LogP contribution in [0.2, 0.25) is 0 Å². The minimum absolute atomic E-state index is 0.0668. The number of amides is 2. The van der Waals surface area contributed by atoms with E-state index in [0.29, 0.717) is 24.0 Å². The molecule has 2 amide bonds. The standard InChI is InChI=1S/C24H28N8O2/c1-3-16-8-5-6-10-20(16)29-23-19(22(25)34)13-26-24(30-23)28-17-12-27-32(14-17)18-9-7-11-31(15-18)21(33)4-2/h4-6,8,10,12-14,18H,2-3,7,9,11,15H2,1H3,(H2,25,34)(H2,26,28,29,30)/t18-/m0/s1. The third-order valence-corrected chi connectivity index (χ3v) is 5.82. The summed E-state index contributed by atoms with van der Waals surface area (Å²) in [5.74, 6) is -0.0631. The van der Waals surface area contributed by atoms with E-state index in [4.69, 9.17) is 5.73 Å². The highest BCUT2D eigenvalue weighted by molar-refractivity contribution is 5.98. The van der Waals surface area contributed by atoms with Crippen molar-refractivity contribution in [2.75, 3.05) is 23.7 Å². The normalized spacial score (nSPS) is 15.6. The number of benzene rings is 1. The number of carbonyl (C=O) groups excluding carboxylic acids is 2. The fourth-order valence-corrected chi connectivity index (χ4v) is 4.03. The van der Waals surface area contributed by atoms with Crippen LogP contribution in [0.5, 0.6) is 0 Å². The van der Waals surface area contributed by atoms with E-state index in [2.05, 4.69) is 39.2 Å². The molecule has 34 heavy (non-hydrogen) atoms. The SMILES string of the molecule is C=CC(=O)N1CCC[C@H](n2cc(Nc3ncc(C(N)=O)c(Nc4ccccc4CC)n3)cn2)C1. The molecule has 0 bridgehead atoms. The van der Waals surface area contributed by atoms with Gasteiger partial charge in [-0.25, -0.2) is 4.98 Å². The maximum atomic E-state index is 12.0. The lowest BCUT2D eigenvalue weighted by molar-refractivity contribution is -0.127. The number of piperidine rings is 1. The molecule has 2 aromatic heterocycles. The Bertz CT molecular complexity index is 1210. The number of aryl methyl sites for hydroxylation is 1. The van der Waals surface area contributed by atoms with Gasteiger partial charge in [-0.1, -0.05) is 31.7 Å².